The van der Waals surface area contributed by atoms with Crippen LogP contribution in [-0.4, -0.2) is 43.0 Å². The van der Waals surface area contributed by atoms with Crippen LogP contribution in [0, 0.1) is 5.82 Å². The Kier molecular flexibility index (Phi) is 5.65. The average Bonchev–Trinajstić information content (AvgIpc) is 3.36. The number of pyridine rings is 1. The number of imidazole rings is 1. The first kappa shape index (κ1) is 23.1. The van der Waals surface area contributed by atoms with Crippen molar-refractivity contribution in [2.24, 2.45) is 7.05 Å². The zero-order valence-corrected chi connectivity index (χ0v) is 20.0. The van der Waals surface area contributed by atoms with E-state index in [-0.39, 0.29) is 22.0 Å². The third-order valence-corrected chi connectivity index (χ3v) is 6.69. The van der Waals surface area contributed by atoms with E-state index in [0.717, 1.165) is 5.69 Å². The monoisotopic (exact) mass is 494 g/mol. The molecule has 0 radical (unpaired) electrons. The molecule has 0 amide bonds. The topological polar surface area (TPSA) is 83.5 Å². The van der Waals surface area contributed by atoms with Crippen LogP contribution in [0.3, 0.4) is 0 Å². The second-order valence-corrected chi connectivity index (χ2v) is 9.58. The predicted molar refractivity (Wildman–Crippen MR) is 134 cm³/mol. The zero-order chi connectivity index (χ0) is 24.9. The Balaban J connectivity index is 1.54. The van der Waals surface area contributed by atoms with Gasteiger partial charge in [-0.3, -0.25) is 9.55 Å². The minimum absolute atomic E-state index is 0.112. The number of β-amino-alcohol motifs (C(OH)–C–C–N with tert-alkyl or cyclic N) is 1. The SMILES string of the molecule is Cn1ccn(-c2ccc(-c3cc(F)cc(-c4cncc(N5CCC(C)(O)C5)c4)c3O)cc2Cl)c1=O. The van der Waals surface area contributed by atoms with E-state index in [1.165, 1.54) is 21.3 Å². The molecule has 180 valence electrons. The number of nitrogens with zero attached hydrogens (tertiary/aromatic N) is 4. The molecule has 0 saturated carbocycles. The number of benzene rings is 2. The summed E-state index contributed by atoms with van der Waals surface area (Å²) in [4.78, 5) is 18.6. The van der Waals surface area contributed by atoms with Gasteiger partial charge in [0, 0.05) is 55.4 Å². The first-order valence-electron chi connectivity index (χ1n) is 11.1. The molecule has 0 bridgehead atoms. The van der Waals surface area contributed by atoms with E-state index in [0.29, 0.717) is 41.9 Å². The van der Waals surface area contributed by atoms with Crippen molar-refractivity contribution in [3.63, 3.8) is 0 Å². The normalized spacial score (nSPS) is 17.8. The van der Waals surface area contributed by atoms with Gasteiger partial charge in [0.15, 0.2) is 0 Å². The summed E-state index contributed by atoms with van der Waals surface area (Å²) >= 11 is 6.48. The number of hydrogen-bond acceptors (Lipinski definition) is 5. The minimum atomic E-state index is -0.777. The number of aromatic hydroxyl groups is 1. The van der Waals surface area contributed by atoms with Gasteiger partial charge >= 0.3 is 5.69 Å². The number of phenols is 1. The summed E-state index contributed by atoms with van der Waals surface area (Å²) in [7, 11) is 1.64. The summed E-state index contributed by atoms with van der Waals surface area (Å²) in [6.07, 6.45) is 7.13. The first-order chi connectivity index (χ1) is 16.6. The number of rotatable bonds is 4. The maximum absolute atomic E-state index is 14.7. The number of halogens is 2. The van der Waals surface area contributed by atoms with Crippen LogP contribution in [0.25, 0.3) is 27.9 Å². The number of anilines is 1. The highest BCUT2D eigenvalue weighted by molar-refractivity contribution is 6.32. The molecule has 1 fully saturated rings. The van der Waals surface area contributed by atoms with Crippen molar-refractivity contribution in [3.05, 3.63) is 82.5 Å². The molecule has 2 N–H and O–H groups in total. The van der Waals surface area contributed by atoms with Crippen LogP contribution in [0.5, 0.6) is 5.75 Å². The fourth-order valence-electron chi connectivity index (χ4n) is 4.47. The Labute approximate surface area is 206 Å². The molecule has 7 nitrogen and oxygen atoms in total. The number of aromatic nitrogens is 3. The minimum Gasteiger partial charge on any atom is -0.507 e. The summed E-state index contributed by atoms with van der Waals surface area (Å²) in [5, 5.41) is 21.7. The van der Waals surface area contributed by atoms with Crippen LogP contribution in [0.15, 0.2) is 66.0 Å². The third kappa shape index (κ3) is 4.31. The number of aliphatic hydroxyl groups is 1. The molecule has 1 aliphatic rings. The van der Waals surface area contributed by atoms with E-state index in [9.17, 15) is 19.4 Å². The van der Waals surface area contributed by atoms with Crippen molar-refractivity contribution < 1.29 is 14.6 Å². The Bertz CT molecular complexity index is 1490. The zero-order valence-electron chi connectivity index (χ0n) is 19.2. The van der Waals surface area contributed by atoms with Gasteiger partial charge in [0.25, 0.3) is 0 Å². The maximum atomic E-state index is 14.7. The van der Waals surface area contributed by atoms with E-state index in [4.69, 9.17) is 11.6 Å². The molecule has 1 atom stereocenters. The fourth-order valence-corrected chi connectivity index (χ4v) is 4.74. The molecule has 1 unspecified atom stereocenters. The smallest absolute Gasteiger partial charge is 0.332 e. The molecule has 0 spiro atoms. The van der Waals surface area contributed by atoms with Crippen LogP contribution in [0.4, 0.5) is 10.1 Å². The van der Waals surface area contributed by atoms with Crippen molar-refractivity contribution >= 4 is 17.3 Å². The summed E-state index contributed by atoms with van der Waals surface area (Å²) in [6, 6.07) is 9.26. The first-order valence-corrected chi connectivity index (χ1v) is 11.5. The third-order valence-electron chi connectivity index (χ3n) is 6.39. The van der Waals surface area contributed by atoms with Gasteiger partial charge in [-0.1, -0.05) is 17.7 Å². The molecular formula is C26H24ClFN4O3. The highest BCUT2D eigenvalue weighted by atomic mass is 35.5. The molecular weight excluding hydrogens is 471 g/mol. The molecule has 2 aromatic carbocycles. The molecule has 3 heterocycles. The highest BCUT2D eigenvalue weighted by Gasteiger charge is 2.31. The Morgan fingerprint density at radius 1 is 1.09 bits per heavy atom. The lowest BCUT2D eigenvalue weighted by atomic mass is 9.97. The summed E-state index contributed by atoms with van der Waals surface area (Å²) in [5.41, 5.74) is 1.85. The van der Waals surface area contributed by atoms with E-state index < -0.39 is 11.4 Å². The van der Waals surface area contributed by atoms with E-state index in [2.05, 4.69) is 4.98 Å². The molecule has 0 aliphatic carbocycles. The lowest BCUT2D eigenvalue weighted by Crippen LogP contribution is -2.29. The second-order valence-electron chi connectivity index (χ2n) is 9.18. The van der Waals surface area contributed by atoms with E-state index in [1.807, 2.05) is 11.0 Å². The van der Waals surface area contributed by atoms with Crippen molar-refractivity contribution in [2.75, 3.05) is 18.0 Å². The van der Waals surface area contributed by atoms with E-state index >= 15 is 0 Å². The largest absolute Gasteiger partial charge is 0.507 e. The van der Waals surface area contributed by atoms with Gasteiger partial charge in [-0.05, 0) is 49.2 Å². The Hall–Kier alpha value is -3.62. The standard InChI is InChI=1S/C26H24ClFN4O3/c1-26(35)5-6-31(15-26)19-9-17(13-29-14-19)21-12-18(28)11-20(24(21)33)16-3-4-23(22(27)10-16)32-8-7-30(2)25(32)34/h3-4,7-14,33,35H,5-6,15H2,1-2H3. The molecule has 5 rings (SSSR count). The van der Waals surface area contributed by atoms with Gasteiger partial charge < -0.3 is 19.7 Å². The van der Waals surface area contributed by atoms with Gasteiger partial charge in [-0.2, -0.15) is 0 Å². The summed E-state index contributed by atoms with van der Waals surface area (Å²) in [5.74, 6) is -0.638. The van der Waals surface area contributed by atoms with Crippen molar-refractivity contribution in [1.29, 1.82) is 0 Å². The Morgan fingerprint density at radius 2 is 1.83 bits per heavy atom. The summed E-state index contributed by atoms with van der Waals surface area (Å²) in [6.45, 7) is 2.93. The molecule has 4 aromatic rings. The van der Waals surface area contributed by atoms with Crippen molar-refractivity contribution in [1.82, 2.24) is 14.1 Å². The van der Waals surface area contributed by atoms with Crippen molar-refractivity contribution in [2.45, 2.75) is 18.9 Å². The van der Waals surface area contributed by atoms with Gasteiger partial charge in [0.1, 0.15) is 11.6 Å². The van der Waals surface area contributed by atoms with Gasteiger partial charge in [0.05, 0.1) is 28.2 Å². The van der Waals surface area contributed by atoms with Gasteiger partial charge in [-0.15, -0.1) is 0 Å². The van der Waals surface area contributed by atoms with Crippen molar-refractivity contribution in [3.8, 4) is 33.7 Å². The molecule has 2 aromatic heterocycles. The average molecular weight is 495 g/mol. The number of aryl methyl sites for hydroxylation is 1. The highest BCUT2D eigenvalue weighted by Crippen LogP contribution is 2.41. The molecule has 35 heavy (non-hydrogen) atoms. The summed E-state index contributed by atoms with van der Waals surface area (Å²) < 4.78 is 17.6. The molecule has 9 heteroatoms. The van der Waals surface area contributed by atoms with Crippen LogP contribution < -0.4 is 10.6 Å². The predicted octanol–water partition coefficient (Wildman–Crippen LogP) is 4.36. The van der Waals surface area contributed by atoms with E-state index in [1.54, 1.807) is 57.0 Å². The molecule has 1 aliphatic heterocycles. The Morgan fingerprint density at radius 3 is 2.46 bits per heavy atom. The maximum Gasteiger partial charge on any atom is 0.332 e. The van der Waals surface area contributed by atoms with Crippen LogP contribution in [0.2, 0.25) is 5.02 Å². The van der Waals surface area contributed by atoms with Gasteiger partial charge in [0.2, 0.25) is 0 Å². The van der Waals surface area contributed by atoms with Crippen LogP contribution in [0.1, 0.15) is 13.3 Å². The quantitative estimate of drug-likeness (QED) is 0.440. The number of hydrogen-bond donors (Lipinski definition) is 2. The number of phenolic OH excluding ortho intramolecular Hbond substituents is 1. The van der Waals surface area contributed by atoms with Gasteiger partial charge in [-0.25, -0.2) is 9.18 Å². The lowest BCUT2D eigenvalue weighted by Gasteiger charge is -2.21. The molecule has 1 saturated heterocycles. The van der Waals surface area contributed by atoms with Crippen LogP contribution >= 0.6 is 11.6 Å². The van der Waals surface area contributed by atoms with Crippen LogP contribution in [-0.2, 0) is 7.05 Å². The second kappa shape index (κ2) is 8.55. The fraction of sp³-hybridized carbons (Fsp3) is 0.231. The lowest BCUT2D eigenvalue weighted by molar-refractivity contribution is 0.0839.